The molecule has 0 aliphatic carbocycles. The van der Waals surface area contributed by atoms with Gasteiger partial charge in [-0.1, -0.05) is 50.3 Å². The zero-order valence-electron chi connectivity index (χ0n) is 12.5. The Kier molecular flexibility index (Phi) is 7.91. The maximum Gasteiger partial charge on any atom is 0.319 e. The monoisotopic (exact) mass is 317 g/mol. The summed E-state index contributed by atoms with van der Waals surface area (Å²) in [6.45, 7) is 9.54. The van der Waals surface area contributed by atoms with Crippen LogP contribution in [0.3, 0.4) is 0 Å². The number of hydrogen-bond donors (Lipinski definition) is 1. The van der Waals surface area contributed by atoms with Gasteiger partial charge in [-0.3, -0.25) is 4.79 Å². The topological polar surface area (TPSA) is 64.1 Å². The van der Waals surface area contributed by atoms with Gasteiger partial charge in [0.05, 0.1) is 6.61 Å². The van der Waals surface area contributed by atoms with Crippen LogP contribution in [0.5, 0.6) is 0 Å². The summed E-state index contributed by atoms with van der Waals surface area (Å²) in [5, 5.41) is 11.9. The lowest BCUT2D eigenvalue weighted by Gasteiger charge is -2.08. The largest absolute Gasteiger partial charge is 0.465 e. The molecule has 0 aliphatic heterocycles. The second-order valence-electron chi connectivity index (χ2n) is 4.93. The fourth-order valence-corrected chi connectivity index (χ4v) is 3.16. The predicted molar refractivity (Wildman–Crippen MR) is 84.4 cm³/mol. The highest BCUT2D eigenvalue weighted by Gasteiger charge is 2.18. The number of aromatic nitrogens is 2. The number of thioether (sulfide) groups is 1. The Morgan fingerprint density at radius 2 is 2.15 bits per heavy atom. The van der Waals surface area contributed by atoms with E-state index in [4.69, 9.17) is 4.74 Å². The van der Waals surface area contributed by atoms with Crippen LogP contribution < -0.4 is 5.32 Å². The molecule has 0 fully saturated rings. The highest BCUT2D eigenvalue weighted by molar-refractivity contribution is 8.02. The molecule has 7 heteroatoms. The Morgan fingerprint density at radius 3 is 2.80 bits per heavy atom. The minimum atomic E-state index is -0.252. The molecule has 0 radical (unpaired) electrons. The zero-order valence-corrected chi connectivity index (χ0v) is 14.1. The van der Waals surface area contributed by atoms with Crippen LogP contribution in [-0.4, -0.2) is 34.6 Å². The maximum absolute atomic E-state index is 11.7. The molecule has 1 atom stereocenters. The minimum Gasteiger partial charge on any atom is -0.465 e. The first-order chi connectivity index (χ1) is 9.52. The fourth-order valence-electron chi connectivity index (χ4n) is 1.25. The highest BCUT2D eigenvalue weighted by Crippen LogP contribution is 2.29. The number of nitrogens with one attached hydrogen (secondary N) is 1. The first-order valence-electron chi connectivity index (χ1n) is 6.93. The van der Waals surface area contributed by atoms with Crippen LogP contribution >= 0.6 is 23.1 Å². The predicted octanol–water partition coefficient (Wildman–Crippen LogP) is 3.43. The quantitative estimate of drug-likeness (QED) is 0.428. The van der Waals surface area contributed by atoms with Gasteiger partial charge in [0.1, 0.15) is 5.25 Å². The van der Waals surface area contributed by atoms with Crippen molar-refractivity contribution in [1.29, 1.82) is 0 Å². The number of nitrogens with zero attached hydrogens (tertiary/aromatic N) is 2. The fraction of sp³-hybridized carbons (Fsp3) is 0.769. The average Bonchev–Trinajstić information content (AvgIpc) is 2.84. The smallest absolute Gasteiger partial charge is 0.319 e. The van der Waals surface area contributed by atoms with Gasteiger partial charge in [-0.15, -0.1) is 10.2 Å². The number of carbonyl (C=O) groups excluding carboxylic acids is 1. The van der Waals surface area contributed by atoms with Gasteiger partial charge in [0, 0.05) is 6.54 Å². The van der Waals surface area contributed by atoms with Gasteiger partial charge in [-0.25, -0.2) is 0 Å². The molecule has 0 bridgehead atoms. The van der Waals surface area contributed by atoms with Gasteiger partial charge in [0.2, 0.25) is 5.13 Å². The molecule has 1 aromatic rings. The molecule has 114 valence electrons. The van der Waals surface area contributed by atoms with E-state index in [-0.39, 0.29) is 11.2 Å². The van der Waals surface area contributed by atoms with Crippen LogP contribution in [0.4, 0.5) is 5.13 Å². The van der Waals surface area contributed by atoms with Crippen molar-refractivity contribution in [3.63, 3.8) is 0 Å². The maximum atomic E-state index is 11.7. The Morgan fingerprint density at radius 1 is 1.40 bits per heavy atom. The normalized spacial score (nSPS) is 12.4. The summed E-state index contributed by atoms with van der Waals surface area (Å²) in [6, 6.07) is 0. The Balaban J connectivity index is 2.37. The minimum absolute atomic E-state index is 0.185. The van der Waals surface area contributed by atoms with E-state index in [1.165, 1.54) is 23.1 Å². The van der Waals surface area contributed by atoms with Gasteiger partial charge >= 0.3 is 5.97 Å². The van der Waals surface area contributed by atoms with E-state index < -0.39 is 0 Å². The summed E-state index contributed by atoms with van der Waals surface area (Å²) in [5.41, 5.74) is 0. The molecule has 1 rings (SSSR count). The molecule has 0 saturated carbocycles. The van der Waals surface area contributed by atoms with Crippen molar-refractivity contribution in [3.8, 4) is 0 Å². The third-order valence-electron chi connectivity index (χ3n) is 2.42. The first kappa shape index (κ1) is 17.2. The lowest BCUT2D eigenvalue weighted by atomic mass is 10.2. The van der Waals surface area contributed by atoms with Crippen LogP contribution in [0, 0.1) is 5.92 Å². The standard InChI is InChI=1S/C13H23N3O2S2/c1-5-6-7-18-11(17)10(4)19-13-16-15-12(20-13)14-8-9(2)3/h9-10H,5-8H2,1-4H3,(H,14,15). The second kappa shape index (κ2) is 9.18. The number of carbonyl (C=O) groups is 1. The van der Waals surface area contributed by atoms with Crippen molar-refractivity contribution < 1.29 is 9.53 Å². The Hall–Kier alpha value is -0.820. The molecule has 0 saturated heterocycles. The van der Waals surface area contributed by atoms with Crippen molar-refractivity contribution in [1.82, 2.24) is 10.2 Å². The molecule has 1 unspecified atom stereocenters. The van der Waals surface area contributed by atoms with Crippen molar-refractivity contribution in [2.45, 2.75) is 50.1 Å². The molecule has 0 spiro atoms. The summed E-state index contributed by atoms with van der Waals surface area (Å²) in [5.74, 6) is 0.373. The van der Waals surface area contributed by atoms with Crippen LogP contribution in [-0.2, 0) is 9.53 Å². The van der Waals surface area contributed by atoms with E-state index in [9.17, 15) is 4.79 Å². The molecule has 0 amide bonds. The highest BCUT2D eigenvalue weighted by atomic mass is 32.2. The lowest BCUT2D eigenvalue weighted by Crippen LogP contribution is -2.17. The molecule has 5 nitrogen and oxygen atoms in total. The van der Waals surface area contributed by atoms with E-state index in [0.29, 0.717) is 12.5 Å². The molecule has 0 aromatic carbocycles. The molecule has 1 aromatic heterocycles. The van der Waals surface area contributed by atoms with Gasteiger partial charge in [-0.2, -0.15) is 0 Å². The number of anilines is 1. The summed E-state index contributed by atoms with van der Waals surface area (Å²) in [6.07, 6.45) is 1.93. The summed E-state index contributed by atoms with van der Waals surface area (Å²) in [4.78, 5) is 11.7. The van der Waals surface area contributed by atoms with E-state index in [1.807, 2.05) is 6.92 Å². The van der Waals surface area contributed by atoms with E-state index >= 15 is 0 Å². The summed E-state index contributed by atoms with van der Waals surface area (Å²) >= 11 is 2.87. The van der Waals surface area contributed by atoms with Gasteiger partial charge in [0.25, 0.3) is 0 Å². The van der Waals surface area contributed by atoms with Crippen molar-refractivity contribution in [3.05, 3.63) is 0 Å². The summed E-state index contributed by atoms with van der Waals surface area (Å²) < 4.78 is 5.97. The molecule has 1 N–H and O–H groups in total. The third kappa shape index (κ3) is 6.56. The van der Waals surface area contributed by atoms with Gasteiger partial charge in [-0.05, 0) is 19.3 Å². The van der Waals surface area contributed by atoms with Gasteiger partial charge in [0.15, 0.2) is 4.34 Å². The average molecular weight is 317 g/mol. The second-order valence-corrected chi connectivity index (χ2v) is 7.49. The number of esters is 1. The first-order valence-corrected chi connectivity index (χ1v) is 8.63. The number of hydrogen-bond acceptors (Lipinski definition) is 7. The molecular weight excluding hydrogens is 294 g/mol. The Labute approximate surface area is 128 Å². The molecule has 0 aliphatic rings. The number of rotatable bonds is 9. The lowest BCUT2D eigenvalue weighted by molar-refractivity contribution is -0.142. The zero-order chi connectivity index (χ0) is 15.0. The molecule has 20 heavy (non-hydrogen) atoms. The van der Waals surface area contributed by atoms with E-state index in [2.05, 4.69) is 36.3 Å². The number of unbranched alkanes of at least 4 members (excludes halogenated alkanes) is 1. The van der Waals surface area contributed by atoms with Crippen molar-refractivity contribution in [2.24, 2.45) is 5.92 Å². The third-order valence-corrected chi connectivity index (χ3v) is 4.46. The van der Waals surface area contributed by atoms with E-state index in [0.717, 1.165) is 28.9 Å². The van der Waals surface area contributed by atoms with E-state index in [1.54, 1.807) is 0 Å². The SMILES string of the molecule is CCCCOC(=O)C(C)Sc1nnc(NCC(C)C)s1. The molecule has 1 heterocycles. The van der Waals surface area contributed by atoms with Crippen molar-refractivity contribution >= 4 is 34.2 Å². The number of ether oxygens (including phenoxy) is 1. The van der Waals surface area contributed by atoms with Crippen molar-refractivity contribution in [2.75, 3.05) is 18.5 Å². The van der Waals surface area contributed by atoms with Crippen LogP contribution in [0.15, 0.2) is 4.34 Å². The van der Waals surface area contributed by atoms with Crippen LogP contribution in [0.2, 0.25) is 0 Å². The Bertz CT molecular complexity index is 410. The molecular formula is C13H23N3O2S2. The summed E-state index contributed by atoms with van der Waals surface area (Å²) in [7, 11) is 0. The van der Waals surface area contributed by atoms with Crippen LogP contribution in [0.1, 0.15) is 40.5 Å². The van der Waals surface area contributed by atoms with Crippen LogP contribution in [0.25, 0.3) is 0 Å². The van der Waals surface area contributed by atoms with Gasteiger partial charge < -0.3 is 10.1 Å².